The molecule has 1 amide bonds. The number of rotatable bonds is 9. The van der Waals surface area contributed by atoms with Crippen molar-refractivity contribution in [1.29, 1.82) is 10.5 Å². The molecular weight excluding hydrogens is 497 g/mol. The summed E-state index contributed by atoms with van der Waals surface area (Å²) in [6.45, 7) is 0.885. The fourth-order valence-corrected chi connectivity index (χ4v) is 3.81. The molecule has 0 atom stereocenters. The van der Waals surface area contributed by atoms with E-state index in [1.54, 1.807) is 24.3 Å². The molecule has 0 unspecified atom stereocenters. The minimum Gasteiger partial charge on any atom is -0.476 e. The topological polar surface area (TPSA) is 175 Å². The van der Waals surface area contributed by atoms with Crippen LogP contribution in [0.3, 0.4) is 0 Å². The maximum absolute atomic E-state index is 13.0. The zero-order valence-electron chi connectivity index (χ0n) is 19.2. The molecule has 179 valence electrons. The number of nitriles is 2. The summed E-state index contributed by atoms with van der Waals surface area (Å²) in [5.74, 6) is -2.15. The number of aliphatic carboxylic acids is 1. The summed E-state index contributed by atoms with van der Waals surface area (Å²) >= 11 is 0. The minimum absolute atomic E-state index is 0. The van der Waals surface area contributed by atoms with Crippen LogP contribution in [0.5, 0.6) is 0 Å². The van der Waals surface area contributed by atoms with Crippen LogP contribution >= 0.6 is 0 Å². The van der Waals surface area contributed by atoms with E-state index in [9.17, 15) is 23.1 Å². The Bertz CT molecular complexity index is 1370. The Kier molecular flexibility index (Phi) is 9.93. The third kappa shape index (κ3) is 6.79. The van der Waals surface area contributed by atoms with Crippen LogP contribution in [0, 0.1) is 22.7 Å². The number of hydrogen-bond donors (Lipinski definition) is 2. The Balaban J connectivity index is 0.00000456. The maximum Gasteiger partial charge on any atom is 0.357 e. The number of benzene rings is 2. The molecular formula is C23H19N5NaO6S. The fraction of sp³-hybridized carbons (Fsp3) is 0.174. The van der Waals surface area contributed by atoms with Crippen LogP contribution in [0.15, 0.2) is 64.1 Å². The molecule has 0 fully saturated rings. The molecule has 0 saturated heterocycles. The van der Waals surface area contributed by atoms with E-state index >= 15 is 0 Å². The molecule has 1 aliphatic heterocycles. The van der Waals surface area contributed by atoms with Crippen molar-refractivity contribution in [2.24, 2.45) is 5.10 Å². The van der Waals surface area contributed by atoms with Gasteiger partial charge in [0.2, 0.25) is 0 Å². The fourth-order valence-electron chi connectivity index (χ4n) is 3.32. The van der Waals surface area contributed by atoms with Gasteiger partial charge < -0.3 is 10.0 Å². The minimum atomic E-state index is -4.43. The monoisotopic (exact) mass is 516 g/mol. The van der Waals surface area contributed by atoms with E-state index in [1.165, 1.54) is 18.2 Å². The Morgan fingerprint density at radius 1 is 1.03 bits per heavy atom. The van der Waals surface area contributed by atoms with Crippen molar-refractivity contribution in [1.82, 2.24) is 0 Å². The first-order chi connectivity index (χ1) is 16.7. The smallest absolute Gasteiger partial charge is 0.357 e. The SMILES string of the molecule is N#CCCN(CCC#N)c1ccc(/C=C2/C(=O)N(c3ccc(S(=O)(=O)O)cc3)N=C2C(=O)O)cc1.[Na]. The van der Waals surface area contributed by atoms with Gasteiger partial charge in [0.05, 0.1) is 41.1 Å². The van der Waals surface area contributed by atoms with Gasteiger partial charge in [0.15, 0.2) is 5.71 Å². The van der Waals surface area contributed by atoms with E-state index in [-0.39, 0.29) is 58.6 Å². The Morgan fingerprint density at radius 3 is 2.06 bits per heavy atom. The van der Waals surface area contributed by atoms with Gasteiger partial charge in [-0.1, -0.05) is 12.1 Å². The number of hydrazone groups is 1. The number of carbonyl (C=O) groups excluding carboxylic acids is 1. The van der Waals surface area contributed by atoms with Crippen LogP contribution in [0.1, 0.15) is 18.4 Å². The normalized spacial score (nSPS) is 14.0. The number of carboxylic acids is 1. The summed E-state index contributed by atoms with van der Waals surface area (Å²) in [4.78, 5) is 26.2. The molecule has 11 nitrogen and oxygen atoms in total. The van der Waals surface area contributed by atoms with E-state index < -0.39 is 27.7 Å². The zero-order chi connectivity index (χ0) is 25.6. The number of anilines is 2. The summed E-state index contributed by atoms with van der Waals surface area (Å²) in [5, 5.41) is 32.0. The molecule has 1 heterocycles. The van der Waals surface area contributed by atoms with E-state index in [0.717, 1.165) is 22.8 Å². The molecule has 0 aromatic heterocycles. The van der Waals surface area contributed by atoms with Crippen molar-refractivity contribution in [3.8, 4) is 12.1 Å². The van der Waals surface area contributed by atoms with Gasteiger partial charge in [0, 0.05) is 48.3 Å². The second-order valence-corrected chi connectivity index (χ2v) is 8.71. The second-order valence-electron chi connectivity index (χ2n) is 7.29. The quantitative estimate of drug-likeness (QED) is 0.287. The zero-order valence-corrected chi connectivity index (χ0v) is 22.0. The van der Waals surface area contributed by atoms with Gasteiger partial charge in [-0.05, 0) is 48.0 Å². The van der Waals surface area contributed by atoms with Crippen LogP contribution in [0.2, 0.25) is 0 Å². The summed E-state index contributed by atoms with van der Waals surface area (Å²) < 4.78 is 31.6. The molecule has 0 aliphatic carbocycles. The third-order valence-corrected chi connectivity index (χ3v) is 5.88. The predicted octanol–water partition coefficient (Wildman–Crippen LogP) is 2.06. The molecule has 0 saturated carbocycles. The van der Waals surface area contributed by atoms with Crippen LogP contribution < -0.4 is 9.91 Å². The van der Waals surface area contributed by atoms with Gasteiger partial charge in [-0.15, -0.1) is 0 Å². The van der Waals surface area contributed by atoms with Crippen LogP contribution in [-0.2, 0) is 19.7 Å². The van der Waals surface area contributed by atoms with Crippen molar-refractivity contribution in [2.75, 3.05) is 23.0 Å². The van der Waals surface area contributed by atoms with Crippen molar-refractivity contribution in [3.05, 3.63) is 59.7 Å². The largest absolute Gasteiger partial charge is 0.476 e. The number of amides is 1. The van der Waals surface area contributed by atoms with E-state index in [1.807, 2.05) is 4.90 Å². The second kappa shape index (κ2) is 12.4. The molecule has 13 heteroatoms. The number of carbonyl (C=O) groups is 2. The first-order valence-corrected chi connectivity index (χ1v) is 11.6. The molecule has 1 aliphatic rings. The first-order valence-electron chi connectivity index (χ1n) is 10.2. The van der Waals surface area contributed by atoms with Crippen LogP contribution in [0.25, 0.3) is 6.08 Å². The summed E-state index contributed by atoms with van der Waals surface area (Å²) in [7, 11) is -4.43. The first kappa shape index (κ1) is 28.7. The van der Waals surface area contributed by atoms with Crippen molar-refractivity contribution in [3.63, 3.8) is 0 Å². The van der Waals surface area contributed by atoms with E-state index in [2.05, 4.69) is 17.2 Å². The molecule has 2 aromatic rings. The van der Waals surface area contributed by atoms with E-state index in [0.29, 0.717) is 18.7 Å². The Hall–Kier alpha value is -3.52. The summed E-state index contributed by atoms with van der Waals surface area (Å²) in [6, 6.07) is 15.5. The molecule has 2 N–H and O–H groups in total. The van der Waals surface area contributed by atoms with Crippen molar-refractivity contribution in [2.45, 2.75) is 17.7 Å². The predicted molar refractivity (Wildman–Crippen MR) is 132 cm³/mol. The van der Waals surface area contributed by atoms with Gasteiger partial charge in [-0.3, -0.25) is 9.35 Å². The number of carboxylic acid groups (broad SMARTS) is 1. The Labute approximate surface area is 229 Å². The van der Waals surface area contributed by atoms with Gasteiger partial charge >= 0.3 is 5.97 Å². The summed E-state index contributed by atoms with van der Waals surface area (Å²) in [6.07, 6.45) is 1.94. The standard InChI is InChI=1S/C23H19N5O6S.Na/c24-11-1-13-27(14-2-12-25)17-5-3-16(4-6-17)15-20-21(23(30)31)26-28(22(20)29)18-7-9-19(10-8-18)35(32,33)34;/h3-10,15H,1-2,13-14H2,(H,30,31)(H,32,33,34);/b20-15+;. The number of hydrogen-bond acceptors (Lipinski definition) is 8. The van der Waals surface area contributed by atoms with Crippen LogP contribution in [0.4, 0.5) is 11.4 Å². The van der Waals surface area contributed by atoms with Gasteiger partial charge in [-0.25, -0.2) is 4.79 Å². The molecule has 1 radical (unpaired) electrons. The van der Waals surface area contributed by atoms with Gasteiger partial charge in [0.1, 0.15) is 0 Å². The molecule has 3 rings (SSSR count). The number of nitrogens with zero attached hydrogens (tertiary/aromatic N) is 5. The van der Waals surface area contributed by atoms with Crippen LogP contribution in [-0.4, -0.2) is 78.3 Å². The molecule has 36 heavy (non-hydrogen) atoms. The molecule has 0 bridgehead atoms. The average Bonchev–Trinajstić information content (AvgIpc) is 3.15. The van der Waals surface area contributed by atoms with Gasteiger partial charge in [0.25, 0.3) is 16.0 Å². The van der Waals surface area contributed by atoms with Gasteiger partial charge in [-0.2, -0.15) is 29.1 Å². The van der Waals surface area contributed by atoms with Crippen molar-refractivity contribution < 1.29 is 27.7 Å². The Morgan fingerprint density at radius 2 is 1.58 bits per heavy atom. The third-order valence-electron chi connectivity index (χ3n) is 5.02. The van der Waals surface area contributed by atoms with Crippen molar-refractivity contribution >= 4 is 74.7 Å². The molecule has 2 aromatic carbocycles. The average molecular weight is 516 g/mol. The summed E-state index contributed by atoms with van der Waals surface area (Å²) in [5.41, 5.74) is 0.751. The van der Waals surface area contributed by atoms with E-state index in [4.69, 9.17) is 15.1 Å². The molecule has 0 spiro atoms. The maximum atomic E-state index is 13.0.